The maximum atomic E-state index is 10.3. The third kappa shape index (κ3) is 4.35. The maximum absolute atomic E-state index is 10.3. The van der Waals surface area contributed by atoms with Crippen molar-refractivity contribution in [2.75, 3.05) is 28.6 Å². The first-order valence-electron chi connectivity index (χ1n) is 11.5. The number of nitrogens with zero attached hydrogens (tertiary/aromatic N) is 5. The van der Waals surface area contributed by atoms with Gasteiger partial charge in [0.15, 0.2) is 5.82 Å². The Labute approximate surface area is 199 Å². The summed E-state index contributed by atoms with van der Waals surface area (Å²) in [7, 11) is 0. The first-order chi connectivity index (χ1) is 16.3. The summed E-state index contributed by atoms with van der Waals surface area (Å²) in [5.41, 5.74) is 15.7. The molecule has 0 saturated carbocycles. The molecule has 8 nitrogen and oxygen atoms in total. The first-order valence-corrected chi connectivity index (χ1v) is 11.5. The molecule has 2 unspecified atom stereocenters. The molecule has 174 valence electrons. The van der Waals surface area contributed by atoms with E-state index in [-0.39, 0.29) is 5.75 Å². The van der Waals surface area contributed by atoms with Gasteiger partial charge in [0.05, 0.1) is 16.9 Å². The number of phenols is 1. The van der Waals surface area contributed by atoms with Gasteiger partial charge in [0, 0.05) is 42.6 Å². The minimum Gasteiger partial charge on any atom is -0.507 e. The highest BCUT2D eigenvalue weighted by Crippen LogP contribution is 2.38. The predicted molar refractivity (Wildman–Crippen MR) is 134 cm³/mol. The third-order valence-corrected chi connectivity index (χ3v) is 6.36. The molecule has 0 radical (unpaired) electrons. The van der Waals surface area contributed by atoms with Gasteiger partial charge < -0.3 is 26.4 Å². The summed E-state index contributed by atoms with van der Waals surface area (Å²) in [4.78, 5) is 9.20. The van der Waals surface area contributed by atoms with Crippen molar-refractivity contribution in [1.29, 1.82) is 0 Å². The lowest BCUT2D eigenvalue weighted by molar-refractivity contribution is 0.477. The smallest absolute Gasteiger partial charge is 0.169 e. The Morgan fingerprint density at radius 2 is 1.79 bits per heavy atom. The van der Waals surface area contributed by atoms with Gasteiger partial charge in [0.2, 0.25) is 0 Å². The SMILES string of the molecule is CC(C)(N)C#Cc1cc(N2C3CCC2CN(c2cc(-c4ccccc4O)nnc2N)C3)ccn1. The number of para-hydroxylation sites is 1. The topological polar surface area (TPSA) is 117 Å². The van der Waals surface area contributed by atoms with Crippen LogP contribution in [0.15, 0.2) is 48.7 Å². The average Bonchev–Trinajstić information content (AvgIpc) is 3.08. The zero-order valence-electron chi connectivity index (χ0n) is 19.4. The average molecular weight is 456 g/mol. The summed E-state index contributed by atoms with van der Waals surface area (Å²) >= 11 is 0. The van der Waals surface area contributed by atoms with Gasteiger partial charge in [-0.15, -0.1) is 10.2 Å². The fourth-order valence-corrected chi connectivity index (χ4v) is 4.86. The maximum Gasteiger partial charge on any atom is 0.169 e. The van der Waals surface area contributed by atoms with Crippen LogP contribution in [0, 0.1) is 11.8 Å². The van der Waals surface area contributed by atoms with Crippen LogP contribution in [0.3, 0.4) is 0 Å². The van der Waals surface area contributed by atoms with Gasteiger partial charge in [-0.2, -0.15) is 0 Å². The summed E-state index contributed by atoms with van der Waals surface area (Å²) in [6.07, 6.45) is 4.02. The van der Waals surface area contributed by atoms with E-state index < -0.39 is 5.54 Å². The van der Waals surface area contributed by atoms with Gasteiger partial charge in [-0.25, -0.2) is 4.98 Å². The number of aromatic hydroxyl groups is 1. The summed E-state index contributed by atoms with van der Waals surface area (Å²) in [6, 6.07) is 13.9. The highest BCUT2D eigenvalue weighted by Gasteiger charge is 2.40. The number of anilines is 3. The van der Waals surface area contributed by atoms with E-state index in [0.717, 1.165) is 43.0 Å². The lowest BCUT2D eigenvalue weighted by Crippen LogP contribution is -2.54. The van der Waals surface area contributed by atoms with E-state index in [1.165, 1.54) is 0 Å². The molecule has 3 aromatic rings. The summed E-state index contributed by atoms with van der Waals surface area (Å²) in [6.45, 7) is 5.42. The minimum absolute atomic E-state index is 0.173. The highest BCUT2D eigenvalue weighted by atomic mass is 16.3. The molecule has 5 N–H and O–H groups in total. The monoisotopic (exact) mass is 455 g/mol. The van der Waals surface area contributed by atoms with E-state index in [2.05, 4.69) is 49.0 Å². The molecule has 0 amide bonds. The van der Waals surface area contributed by atoms with Crippen LogP contribution in [0.1, 0.15) is 32.4 Å². The molecule has 8 heteroatoms. The van der Waals surface area contributed by atoms with Crippen LogP contribution < -0.4 is 21.3 Å². The number of phenolic OH excluding ortho intramolecular Hbond substituents is 1. The molecular formula is C26H29N7O. The van der Waals surface area contributed by atoms with Crippen molar-refractivity contribution in [2.45, 2.75) is 44.3 Å². The lowest BCUT2D eigenvalue weighted by atomic mass is 10.1. The first kappa shape index (κ1) is 22.0. The van der Waals surface area contributed by atoms with Gasteiger partial charge in [-0.3, -0.25) is 0 Å². The van der Waals surface area contributed by atoms with Gasteiger partial charge in [0.25, 0.3) is 0 Å². The molecular weight excluding hydrogens is 426 g/mol. The number of nitrogen functional groups attached to an aromatic ring is 1. The Balaban J connectivity index is 1.40. The highest BCUT2D eigenvalue weighted by molar-refractivity contribution is 5.74. The number of piperazine rings is 1. The molecule has 34 heavy (non-hydrogen) atoms. The van der Waals surface area contributed by atoms with Crippen LogP contribution in [0.5, 0.6) is 5.75 Å². The lowest BCUT2D eigenvalue weighted by Gasteiger charge is -2.43. The van der Waals surface area contributed by atoms with Gasteiger partial charge in [-0.05, 0) is 62.9 Å². The quantitative estimate of drug-likeness (QED) is 0.516. The molecule has 2 aromatic heterocycles. The predicted octanol–water partition coefficient (Wildman–Crippen LogP) is 2.77. The number of hydrogen-bond acceptors (Lipinski definition) is 8. The third-order valence-electron chi connectivity index (χ3n) is 6.36. The van der Waals surface area contributed by atoms with E-state index in [9.17, 15) is 5.11 Å². The van der Waals surface area contributed by atoms with Crippen LogP contribution in [0.4, 0.5) is 17.2 Å². The number of hydrogen-bond donors (Lipinski definition) is 3. The van der Waals surface area contributed by atoms with Crippen molar-refractivity contribution in [3.05, 3.63) is 54.4 Å². The number of aromatic nitrogens is 3. The van der Waals surface area contributed by atoms with Crippen LogP contribution in [-0.2, 0) is 0 Å². The minimum atomic E-state index is -0.559. The Bertz CT molecular complexity index is 1260. The second-order valence-electron chi connectivity index (χ2n) is 9.59. The molecule has 0 aliphatic carbocycles. The van der Waals surface area contributed by atoms with Crippen molar-refractivity contribution in [3.8, 4) is 28.8 Å². The molecule has 2 fully saturated rings. The van der Waals surface area contributed by atoms with Crippen molar-refractivity contribution < 1.29 is 5.11 Å². The van der Waals surface area contributed by atoms with Crippen LogP contribution in [0.25, 0.3) is 11.3 Å². The zero-order valence-corrected chi connectivity index (χ0v) is 19.4. The van der Waals surface area contributed by atoms with Gasteiger partial charge >= 0.3 is 0 Å². The Morgan fingerprint density at radius 1 is 1.06 bits per heavy atom. The van der Waals surface area contributed by atoms with E-state index in [1.807, 2.05) is 38.2 Å². The van der Waals surface area contributed by atoms with Gasteiger partial charge in [0.1, 0.15) is 11.4 Å². The molecule has 1 aromatic carbocycles. The zero-order chi connectivity index (χ0) is 23.9. The van der Waals surface area contributed by atoms with Crippen LogP contribution in [-0.4, -0.2) is 51.0 Å². The molecule has 2 saturated heterocycles. The van der Waals surface area contributed by atoms with Crippen molar-refractivity contribution in [3.63, 3.8) is 0 Å². The number of nitrogens with two attached hydrogens (primary N) is 2. The Kier molecular flexibility index (Phi) is 5.50. The second-order valence-corrected chi connectivity index (χ2v) is 9.59. The largest absolute Gasteiger partial charge is 0.507 e. The van der Waals surface area contributed by atoms with Crippen molar-refractivity contribution >= 4 is 17.2 Å². The van der Waals surface area contributed by atoms with Crippen LogP contribution in [0.2, 0.25) is 0 Å². The van der Waals surface area contributed by atoms with Crippen LogP contribution >= 0.6 is 0 Å². The van der Waals surface area contributed by atoms with E-state index in [0.29, 0.717) is 29.2 Å². The molecule has 2 atom stereocenters. The molecule has 4 heterocycles. The number of pyridine rings is 1. The number of rotatable bonds is 3. The molecule has 2 bridgehead atoms. The van der Waals surface area contributed by atoms with E-state index in [1.54, 1.807) is 12.1 Å². The van der Waals surface area contributed by atoms with Crippen molar-refractivity contribution in [1.82, 2.24) is 15.2 Å². The summed E-state index contributed by atoms with van der Waals surface area (Å²) in [5.74, 6) is 6.74. The molecule has 2 aliphatic rings. The molecule has 2 aliphatic heterocycles. The normalized spacial score (nSPS) is 19.6. The van der Waals surface area contributed by atoms with E-state index >= 15 is 0 Å². The summed E-state index contributed by atoms with van der Waals surface area (Å²) < 4.78 is 0. The number of fused-ring (bicyclic) bond motifs is 2. The Morgan fingerprint density at radius 3 is 2.50 bits per heavy atom. The van der Waals surface area contributed by atoms with Crippen molar-refractivity contribution in [2.24, 2.45) is 5.73 Å². The molecule has 5 rings (SSSR count). The van der Waals surface area contributed by atoms with E-state index in [4.69, 9.17) is 11.5 Å². The standard InChI is InChI=1S/C26H29N7O/c1-26(2,28)11-9-17-13-18(10-12-29-17)33-19-7-8-20(33)16-32(15-19)23-14-22(30-31-25(23)27)21-5-3-4-6-24(21)34/h3-6,10,12-14,19-20,34H,7-8,15-16,28H2,1-2H3,(H2,27,31). The second kappa shape index (κ2) is 8.50. The number of benzene rings is 1. The summed E-state index contributed by atoms with van der Waals surface area (Å²) in [5, 5.41) is 18.7. The molecule has 0 spiro atoms. The Hall–Kier alpha value is -3.83. The van der Waals surface area contributed by atoms with Gasteiger partial charge in [-0.1, -0.05) is 18.1 Å². The fraction of sp³-hybridized carbons (Fsp3) is 0.346. The fourth-order valence-electron chi connectivity index (χ4n) is 4.86.